The highest BCUT2D eigenvalue weighted by Crippen LogP contribution is 2.22. The summed E-state index contributed by atoms with van der Waals surface area (Å²) in [5, 5.41) is 3.23. The van der Waals surface area contributed by atoms with Crippen molar-refractivity contribution in [2.24, 2.45) is 0 Å². The van der Waals surface area contributed by atoms with Crippen molar-refractivity contribution in [1.29, 1.82) is 0 Å². The third kappa shape index (κ3) is 3.42. The van der Waals surface area contributed by atoms with Crippen molar-refractivity contribution in [3.63, 3.8) is 0 Å². The van der Waals surface area contributed by atoms with Gasteiger partial charge in [-0.25, -0.2) is 4.98 Å². The quantitative estimate of drug-likeness (QED) is 0.934. The van der Waals surface area contributed by atoms with Crippen LogP contribution in [0.1, 0.15) is 19.3 Å². The van der Waals surface area contributed by atoms with E-state index in [0.717, 1.165) is 30.3 Å². The lowest BCUT2D eigenvalue weighted by Gasteiger charge is -2.27. The van der Waals surface area contributed by atoms with Crippen LogP contribution in [0.15, 0.2) is 36.5 Å². The van der Waals surface area contributed by atoms with E-state index in [0.29, 0.717) is 5.95 Å². The van der Waals surface area contributed by atoms with Crippen LogP contribution in [-0.2, 0) is 0 Å². The summed E-state index contributed by atoms with van der Waals surface area (Å²) in [4.78, 5) is 11.2. The number of hydrogen-bond donors (Lipinski definition) is 1. The molecule has 0 spiro atoms. The van der Waals surface area contributed by atoms with Crippen molar-refractivity contribution < 1.29 is 4.74 Å². The summed E-state index contributed by atoms with van der Waals surface area (Å²) in [6.45, 7) is 2.16. The second kappa shape index (κ2) is 6.43. The Labute approximate surface area is 125 Å². The van der Waals surface area contributed by atoms with Gasteiger partial charge in [0.05, 0.1) is 7.11 Å². The molecule has 3 rings (SSSR count). The molecule has 1 saturated heterocycles. The Morgan fingerprint density at radius 1 is 1.14 bits per heavy atom. The molecule has 21 heavy (non-hydrogen) atoms. The fraction of sp³-hybridized carbons (Fsp3) is 0.375. The van der Waals surface area contributed by atoms with Gasteiger partial charge in [-0.1, -0.05) is 6.07 Å². The SMILES string of the molecule is COc1cccc(Nc2nccc(N3CCCCC3)n2)c1. The summed E-state index contributed by atoms with van der Waals surface area (Å²) in [5.41, 5.74) is 0.921. The summed E-state index contributed by atoms with van der Waals surface area (Å²) in [6.07, 6.45) is 5.60. The van der Waals surface area contributed by atoms with Gasteiger partial charge in [0.25, 0.3) is 0 Å². The van der Waals surface area contributed by atoms with Gasteiger partial charge in [0.1, 0.15) is 11.6 Å². The average molecular weight is 284 g/mol. The van der Waals surface area contributed by atoms with E-state index in [4.69, 9.17) is 4.74 Å². The molecule has 5 heteroatoms. The number of piperidine rings is 1. The minimum absolute atomic E-state index is 0.617. The van der Waals surface area contributed by atoms with Gasteiger partial charge in [-0.05, 0) is 37.5 Å². The van der Waals surface area contributed by atoms with Crippen LogP contribution in [0.2, 0.25) is 0 Å². The van der Waals surface area contributed by atoms with Crippen LogP contribution in [0.5, 0.6) is 5.75 Å². The van der Waals surface area contributed by atoms with Gasteiger partial charge >= 0.3 is 0 Å². The normalized spacial score (nSPS) is 14.8. The Bertz CT molecular complexity index is 596. The fourth-order valence-electron chi connectivity index (χ4n) is 2.54. The van der Waals surface area contributed by atoms with Gasteiger partial charge in [0.2, 0.25) is 5.95 Å². The highest BCUT2D eigenvalue weighted by atomic mass is 16.5. The van der Waals surface area contributed by atoms with Gasteiger partial charge in [-0.15, -0.1) is 0 Å². The molecule has 1 aliphatic rings. The van der Waals surface area contributed by atoms with Gasteiger partial charge in [0, 0.05) is 31.0 Å². The average Bonchev–Trinajstić information content (AvgIpc) is 2.56. The lowest BCUT2D eigenvalue weighted by atomic mass is 10.1. The van der Waals surface area contributed by atoms with E-state index in [1.807, 2.05) is 30.3 Å². The summed E-state index contributed by atoms with van der Waals surface area (Å²) in [7, 11) is 1.66. The monoisotopic (exact) mass is 284 g/mol. The third-order valence-corrected chi connectivity index (χ3v) is 3.65. The number of nitrogens with zero attached hydrogens (tertiary/aromatic N) is 3. The second-order valence-corrected chi connectivity index (χ2v) is 5.14. The lowest BCUT2D eigenvalue weighted by molar-refractivity contribution is 0.415. The zero-order valence-corrected chi connectivity index (χ0v) is 12.2. The molecule has 0 unspecified atom stereocenters. The number of rotatable bonds is 4. The number of benzene rings is 1. The first-order chi connectivity index (χ1) is 10.3. The van der Waals surface area contributed by atoms with Crippen LogP contribution in [-0.4, -0.2) is 30.2 Å². The zero-order chi connectivity index (χ0) is 14.5. The Kier molecular flexibility index (Phi) is 4.19. The van der Waals surface area contributed by atoms with Crippen LogP contribution in [0.3, 0.4) is 0 Å². The molecule has 0 saturated carbocycles. The number of aromatic nitrogens is 2. The summed E-state index contributed by atoms with van der Waals surface area (Å²) < 4.78 is 5.22. The molecule has 2 heterocycles. The maximum atomic E-state index is 5.22. The van der Waals surface area contributed by atoms with E-state index in [1.165, 1.54) is 19.3 Å². The molecule has 0 amide bonds. The van der Waals surface area contributed by atoms with E-state index in [-0.39, 0.29) is 0 Å². The van der Waals surface area contributed by atoms with Crippen LogP contribution < -0.4 is 15.0 Å². The predicted molar refractivity (Wildman–Crippen MR) is 84.4 cm³/mol. The van der Waals surface area contributed by atoms with E-state index in [1.54, 1.807) is 13.3 Å². The van der Waals surface area contributed by atoms with E-state index in [2.05, 4.69) is 20.2 Å². The Morgan fingerprint density at radius 3 is 2.81 bits per heavy atom. The van der Waals surface area contributed by atoms with Crippen LogP contribution >= 0.6 is 0 Å². The molecule has 1 aromatic carbocycles. The molecule has 0 aliphatic carbocycles. The summed E-state index contributed by atoms with van der Waals surface area (Å²) in [5.74, 6) is 2.42. The molecule has 0 radical (unpaired) electrons. The fourth-order valence-corrected chi connectivity index (χ4v) is 2.54. The first-order valence-corrected chi connectivity index (χ1v) is 7.34. The molecular formula is C16H20N4O. The van der Waals surface area contributed by atoms with Crippen molar-refractivity contribution in [2.75, 3.05) is 30.4 Å². The number of hydrogen-bond acceptors (Lipinski definition) is 5. The standard InChI is InChI=1S/C16H20N4O/c1-21-14-7-5-6-13(12-14)18-16-17-9-8-15(19-16)20-10-3-2-4-11-20/h5-9,12H,2-4,10-11H2,1H3,(H,17,18,19). The number of anilines is 3. The zero-order valence-electron chi connectivity index (χ0n) is 12.2. The van der Waals surface area contributed by atoms with Gasteiger partial charge in [-0.2, -0.15) is 4.98 Å². The first-order valence-electron chi connectivity index (χ1n) is 7.34. The second-order valence-electron chi connectivity index (χ2n) is 5.14. The van der Waals surface area contributed by atoms with Crippen LogP contribution in [0, 0.1) is 0 Å². The summed E-state index contributed by atoms with van der Waals surface area (Å²) in [6, 6.07) is 9.73. The van der Waals surface area contributed by atoms with Crippen molar-refractivity contribution in [2.45, 2.75) is 19.3 Å². The van der Waals surface area contributed by atoms with Crippen LogP contribution in [0.25, 0.3) is 0 Å². The van der Waals surface area contributed by atoms with Crippen molar-refractivity contribution >= 4 is 17.5 Å². The van der Waals surface area contributed by atoms with E-state index in [9.17, 15) is 0 Å². The maximum Gasteiger partial charge on any atom is 0.229 e. The molecule has 1 N–H and O–H groups in total. The lowest BCUT2D eigenvalue weighted by Crippen LogP contribution is -2.30. The Morgan fingerprint density at radius 2 is 2.00 bits per heavy atom. The molecule has 1 aromatic heterocycles. The van der Waals surface area contributed by atoms with Crippen molar-refractivity contribution in [3.05, 3.63) is 36.5 Å². The van der Waals surface area contributed by atoms with Gasteiger partial charge in [-0.3, -0.25) is 0 Å². The van der Waals surface area contributed by atoms with Crippen molar-refractivity contribution in [3.8, 4) is 5.75 Å². The molecule has 5 nitrogen and oxygen atoms in total. The highest BCUT2D eigenvalue weighted by molar-refractivity contribution is 5.57. The Balaban J connectivity index is 1.76. The smallest absolute Gasteiger partial charge is 0.229 e. The molecule has 1 fully saturated rings. The minimum Gasteiger partial charge on any atom is -0.497 e. The Hall–Kier alpha value is -2.30. The van der Waals surface area contributed by atoms with E-state index >= 15 is 0 Å². The summed E-state index contributed by atoms with van der Waals surface area (Å²) >= 11 is 0. The largest absolute Gasteiger partial charge is 0.497 e. The highest BCUT2D eigenvalue weighted by Gasteiger charge is 2.12. The first kappa shape index (κ1) is 13.7. The number of ether oxygens (including phenoxy) is 1. The van der Waals surface area contributed by atoms with Gasteiger partial charge in [0.15, 0.2) is 0 Å². The third-order valence-electron chi connectivity index (χ3n) is 3.65. The number of nitrogens with one attached hydrogen (secondary N) is 1. The molecule has 110 valence electrons. The number of methoxy groups -OCH3 is 1. The molecule has 0 atom stereocenters. The van der Waals surface area contributed by atoms with E-state index < -0.39 is 0 Å². The molecule has 2 aromatic rings. The maximum absolute atomic E-state index is 5.22. The topological polar surface area (TPSA) is 50.3 Å². The predicted octanol–water partition coefficient (Wildman–Crippen LogP) is 3.22. The van der Waals surface area contributed by atoms with Gasteiger partial charge < -0.3 is 15.0 Å². The molecule has 0 bridgehead atoms. The van der Waals surface area contributed by atoms with Crippen molar-refractivity contribution in [1.82, 2.24) is 9.97 Å². The molecular weight excluding hydrogens is 264 g/mol. The van der Waals surface area contributed by atoms with Crippen LogP contribution in [0.4, 0.5) is 17.5 Å². The molecule has 1 aliphatic heterocycles. The minimum atomic E-state index is 0.617.